The monoisotopic (exact) mass is 372 g/mol. The lowest BCUT2D eigenvalue weighted by Crippen LogP contribution is -2.28. The van der Waals surface area contributed by atoms with Crippen molar-refractivity contribution in [3.63, 3.8) is 0 Å². The van der Waals surface area contributed by atoms with E-state index in [9.17, 15) is 8.42 Å². The number of nitrogens with zero attached hydrogens (tertiary/aromatic N) is 3. The lowest BCUT2D eigenvalue weighted by atomic mass is 10.1. The number of pyridine rings is 1. The van der Waals surface area contributed by atoms with Crippen molar-refractivity contribution in [2.24, 2.45) is 0 Å². The molecule has 0 spiro atoms. The number of benzene rings is 1. The fraction of sp³-hybridized carbons (Fsp3) is 0.278. The van der Waals surface area contributed by atoms with Crippen LogP contribution in [0.2, 0.25) is 0 Å². The maximum absolute atomic E-state index is 12.1. The van der Waals surface area contributed by atoms with E-state index in [0.29, 0.717) is 24.6 Å². The minimum atomic E-state index is -3.32. The van der Waals surface area contributed by atoms with E-state index in [2.05, 4.69) is 19.9 Å². The van der Waals surface area contributed by atoms with Crippen molar-refractivity contribution in [3.8, 4) is 11.5 Å². The lowest BCUT2D eigenvalue weighted by Gasteiger charge is -2.05. The van der Waals surface area contributed by atoms with Crippen LogP contribution < -0.4 is 4.72 Å². The quantitative estimate of drug-likeness (QED) is 0.618. The molecule has 0 aliphatic heterocycles. The molecule has 1 aromatic carbocycles. The van der Waals surface area contributed by atoms with Gasteiger partial charge in [0.25, 0.3) is 0 Å². The lowest BCUT2D eigenvalue weighted by molar-refractivity contribution is 0.501. The number of rotatable bonds is 9. The molecule has 7 nitrogen and oxygen atoms in total. The zero-order valence-corrected chi connectivity index (χ0v) is 15.0. The smallest absolute Gasteiger partial charge is 0.249 e. The first-order chi connectivity index (χ1) is 12.6. The van der Waals surface area contributed by atoms with E-state index >= 15 is 0 Å². The van der Waals surface area contributed by atoms with Crippen molar-refractivity contribution in [2.45, 2.75) is 19.3 Å². The molecule has 0 saturated heterocycles. The van der Waals surface area contributed by atoms with Crippen LogP contribution in [-0.4, -0.2) is 35.9 Å². The molecule has 0 fully saturated rings. The Morgan fingerprint density at radius 3 is 2.62 bits per heavy atom. The Morgan fingerprint density at radius 1 is 1.00 bits per heavy atom. The summed E-state index contributed by atoms with van der Waals surface area (Å²) in [5, 5.41) is 7.89. The molecule has 1 N–H and O–H groups in total. The summed E-state index contributed by atoms with van der Waals surface area (Å²) in [7, 11) is -3.32. The number of sulfonamides is 1. The van der Waals surface area contributed by atoms with Crippen LogP contribution in [-0.2, 0) is 22.9 Å². The molecule has 2 heterocycles. The van der Waals surface area contributed by atoms with Gasteiger partial charge in [0.15, 0.2) is 0 Å². The van der Waals surface area contributed by atoms with E-state index in [4.69, 9.17) is 4.42 Å². The topological polar surface area (TPSA) is 98.0 Å². The molecule has 3 aromatic rings. The largest absolute Gasteiger partial charge is 0.421 e. The molecule has 0 atom stereocenters. The second kappa shape index (κ2) is 8.68. The first-order valence-electron chi connectivity index (χ1n) is 8.36. The van der Waals surface area contributed by atoms with Crippen LogP contribution in [0.25, 0.3) is 11.5 Å². The maximum Gasteiger partial charge on any atom is 0.249 e. The van der Waals surface area contributed by atoms with Gasteiger partial charge in [-0.05, 0) is 30.5 Å². The van der Waals surface area contributed by atoms with Gasteiger partial charge in [-0.25, -0.2) is 13.1 Å². The van der Waals surface area contributed by atoms with Crippen molar-refractivity contribution >= 4 is 10.0 Å². The van der Waals surface area contributed by atoms with Crippen LogP contribution in [0.15, 0.2) is 59.3 Å². The van der Waals surface area contributed by atoms with Gasteiger partial charge >= 0.3 is 0 Å². The van der Waals surface area contributed by atoms with Crippen molar-refractivity contribution < 1.29 is 12.8 Å². The van der Waals surface area contributed by atoms with E-state index in [0.717, 1.165) is 17.5 Å². The third-order valence-electron chi connectivity index (χ3n) is 3.76. The fourth-order valence-corrected chi connectivity index (χ4v) is 3.54. The molecular weight excluding hydrogens is 352 g/mol. The highest BCUT2D eigenvalue weighted by Gasteiger charge is 2.12. The summed E-state index contributed by atoms with van der Waals surface area (Å²) >= 11 is 0. The average molecular weight is 372 g/mol. The highest BCUT2D eigenvalue weighted by molar-refractivity contribution is 7.89. The van der Waals surface area contributed by atoms with Gasteiger partial charge in [0.1, 0.15) is 0 Å². The Bertz CT molecular complexity index is 912. The van der Waals surface area contributed by atoms with Crippen molar-refractivity contribution in [3.05, 3.63) is 66.3 Å². The summed E-state index contributed by atoms with van der Waals surface area (Å²) in [5.41, 5.74) is 1.87. The van der Waals surface area contributed by atoms with Crippen molar-refractivity contribution in [1.29, 1.82) is 0 Å². The number of aromatic nitrogens is 3. The van der Waals surface area contributed by atoms with Gasteiger partial charge in [0, 0.05) is 25.4 Å². The Morgan fingerprint density at radius 2 is 1.85 bits per heavy atom. The van der Waals surface area contributed by atoms with Crippen LogP contribution in [0.1, 0.15) is 17.9 Å². The summed E-state index contributed by atoms with van der Waals surface area (Å²) in [6, 6.07) is 13.4. The second-order valence-corrected chi connectivity index (χ2v) is 7.72. The summed E-state index contributed by atoms with van der Waals surface area (Å²) in [6.45, 7) is 0.225. The zero-order chi connectivity index (χ0) is 18.2. The summed E-state index contributed by atoms with van der Waals surface area (Å²) in [6.07, 6.45) is 4.94. The van der Waals surface area contributed by atoms with Crippen molar-refractivity contribution in [2.75, 3.05) is 12.3 Å². The first kappa shape index (κ1) is 18.2. The normalized spacial score (nSPS) is 11.5. The van der Waals surface area contributed by atoms with Crippen LogP contribution in [0.3, 0.4) is 0 Å². The average Bonchev–Trinajstić information content (AvgIpc) is 3.12. The van der Waals surface area contributed by atoms with Gasteiger partial charge in [-0.2, -0.15) is 0 Å². The van der Waals surface area contributed by atoms with E-state index in [-0.39, 0.29) is 12.3 Å². The first-order valence-corrected chi connectivity index (χ1v) is 10.0. The van der Waals surface area contributed by atoms with Gasteiger partial charge in [0.2, 0.25) is 21.8 Å². The Labute approximate surface area is 152 Å². The predicted octanol–water partition coefficient (Wildman–Crippen LogP) is 2.23. The van der Waals surface area contributed by atoms with Crippen LogP contribution in [0.5, 0.6) is 0 Å². The highest BCUT2D eigenvalue weighted by atomic mass is 32.2. The summed E-state index contributed by atoms with van der Waals surface area (Å²) in [5.74, 6) is 0.849. The minimum Gasteiger partial charge on any atom is -0.421 e. The van der Waals surface area contributed by atoms with Gasteiger partial charge in [-0.15, -0.1) is 10.2 Å². The molecule has 0 aliphatic carbocycles. The summed E-state index contributed by atoms with van der Waals surface area (Å²) < 4.78 is 32.2. The van der Waals surface area contributed by atoms with Crippen LogP contribution in [0, 0.1) is 0 Å². The SMILES string of the molecule is O=S(=O)(CCCc1ccccc1)NCCc1nnc(-c2cccnc2)o1. The molecule has 26 heavy (non-hydrogen) atoms. The van der Waals surface area contributed by atoms with Crippen molar-refractivity contribution in [1.82, 2.24) is 19.9 Å². The molecule has 2 aromatic heterocycles. The zero-order valence-electron chi connectivity index (χ0n) is 14.2. The number of hydrogen-bond acceptors (Lipinski definition) is 6. The standard InChI is InChI=1S/C18H20N4O3S/c23-26(24,13-5-8-15-6-2-1-3-7-15)20-12-10-17-21-22-18(25-17)16-9-4-11-19-14-16/h1-4,6-7,9,11,14,20H,5,8,10,12-13H2. The summed E-state index contributed by atoms with van der Waals surface area (Å²) in [4.78, 5) is 4.00. The van der Waals surface area contributed by atoms with Gasteiger partial charge in [-0.1, -0.05) is 30.3 Å². The van der Waals surface area contributed by atoms with Crippen LogP contribution in [0.4, 0.5) is 0 Å². The Hall–Kier alpha value is -2.58. The predicted molar refractivity (Wildman–Crippen MR) is 97.8 cm³/mol. The molecule has 3 rings (SSSR count). The van der Waals surface area contributed by atoms with E-state index in [1.54, 1.807) is 18.5 Å². The molecule has 0 unspecified atom stereocenters. The Balaban J connectivity index is 1.43. The molecule has 0 radical (unpaired) electrons. The molecule has 0 amide bonds. The number of aryl methyl sites for hydroxylation is 1. The molecule has 0 saturated carbocycles. The second-order valence-electron chi connectivity index (χ2n) is 5.80. The van der Waals surface area contributed by atoms with Crippen LogP contribution >= 0.6 is 0 Å². The highest BCUT2D eigenvalue weighted by Crippen LogP contribution is 2.15. The molecular formula is C18H20N4O3S. The van der Waals surface area contributed by atoms with E-state index in [1.807, 2.05) is 36.4 Å². The third kappa shape index (κ3) is 5.47. The molecule has 136 valence electrons. The third-order valence-corrected chi connectivity index (χ3v) is 5.23. The molecule has 0 aliphatic rings. The Kier molecular flexibility index (Phi) is 6.08. The van der Waals surface area contributed by atoms with Gasteiger partial charge < -0.3 is 4.42 Å². The molecule has 8 heteroatoms. The van der Waals surface area contributed by atoms with Gasteiger partial charge in [0.05, 0.1) is 11.3 Å². The minimum absolute atomic E-state index is 0.0899. The fourth-order valence-electron chi connectivity index (χ4n) is 2.46. The number of nitrogens with one attached hydrogen (secondary N) is 1. The van der Waals surface area contributed by atoms with Gasteiger partial charge in [-0.3, -0.25) is 4.98 Å². The van der Waals surface area contributed by atoms with E-state index in [1.165, 1.54) is 0 Å². The maximum atomic E-state index is 12.1. The number of hydrogen-bond donors (Lipinski definition) is 1. The molecule has 0 bridgehead atoms. The van der Waals surface area contributed by atoms with E-state index < -0.39 is 10.0 Å².